The molecule has 2 aromatic rings. The number of nitrogens with zero attached hydrogens (tertiary/aromatic N) is 2. The molecule has 0 saturated heterocycles. The zero-order valence-electron chi connectivity index (χ0n) is 11.8. The molecular formula is C16H16N2O2. The molecule has 4 heteroatoms. The summed E-state index contributed by atoms with van der Waals surface area (Å²) in [4.78, 5) is 12.3. The summed E-state index contributed by atoms with van der Waals surface area (Å²) in [6, 6.07) is 9.44. The van der Waals surface area contributed by atoms with E-state index in [1.807, 2.05) is 44.2 Å². The lowest BCUT2D eigenvalue weighted by Crippen LogP contribution is -2.23. The SMILES string of the molecule is CCn1cc(C)c(-c2ccccc2OC)c(C#N)c1=O. The van der Waals surface area contributed by atoms with Gasteiger partial charge in [0, 0.05) is 23.9 Å². The predicted molar refractivity (Wildman–Crippen MR) is 77.8 cm³/mol. The van der Waals surface area contributed by atoms with Gasteiger partial charge in [-0.15, -0.1) is 0 Å². The first kappa shape index (κ1) is 13.9. The summed E-state index contributed by atoms with van der Waals surface area (Å²) < 4.78 is 6.88. The number of hydrogen-bond acceptors (Lipinski definition) is 3. The zero-order chi connectivity index (χ0) is 14.7. The molecule has 0 fully saturated rings. The Morgan fingerprint density at radius 3 is 2.65 bits per heavy atom. The third-order valence-corrected chi connectivity index (χ3v) is 3.30. The molecule has 0 N–H and O–H groups in total. The molecule has 0 amide bonds. The Kier molecular flexibility index (Phi) is 3.90. The van der Waals surface area contributed by atoms with Crippen molar-refractivity contribution in [3.63, 3.8) is 0 Å². The van der Waals surface area contributed by atoms with E-state index in [0.717, 1.165) is 11.1 Å². The van der Waals surface area contributed by atoms with Crippen LogP contribution in [0, 0.1) is 18.3 Å². The van der Waals surface area contributed by atoms with Gasteiger partial charge in [0.2, 0.25) is 0 Å². The second kappa shape index (κ2) is 5.62. The second-order valence-corrected chi connectivity index (χ2v) is 4.47. The summed E-state index contributed by atoms with van der Waals surface area (Å²) >= 11 is 0. The molecule has 1 heterocycles. The van der Waals surface area contributed by atoms with E-state index in [9.17, 15) is 10.1 Å². The molecule has 0 atom stereocenters. The van der Waals surface area contributed by atoms with Crippen LogP contribution in [0.1, 0.15) is 18.1 Å². The van der Waals surface area contributed by atoms with E-state index in [-0.39, 0.29) is 11.1 Å². The van der Waals surface area contributed by atoms with E-state index in [1.165, 1.54) is 0 Å². The van der Waals surface area contributed by atoms with Crippen LogP contribution in [0.5, 0.6) is 5.75 Å². The molecular weight excluding hydrogens is 252 g/mol. The lowest BCUT2D eigenvalue weighted by Gasteiger charge is -2.14. The van der Waals surface area contributed by atoms with Crippen molar-refractivity contribution in [3.05, 3.63) is 51.9 Å². The minimum absolute atomic E-state index is 0.163. The minimum Gasteiger partial charge on any atom is -0.496 e. The molecule has 0 aliphatic rings. The fourth-order valence-electron chi connectivity index (χ4n) is 2.34. The molecule has 0 saturated carbocycles. The summed E-state index contributed by atoms with van der Waals surface area (Å²) in [6.45, 7) is 4.32. The van der Waals surface area contributed by atoms with Crippen molar-refractivity contribution in [2.45, 2.75) is 20.4 Å². The summed E-state index contributed by atoms with van der Waals surface area (Å²) in [6.07, 6.45) is 1.78. The topological polar surface area (TPSA) is 55.0 Å². The number of methoxy groups -OCH3 is 1. The van der Waals surface area contributed by atoms with E-state index in [0.29, 0.717) is 17.9 Å². The fraction of sp³-hybridized carbons (Fsp3) is 0.250. The van der Waals surface area contributed by atoms with Crippen LogP contribution < -0.4 is 10.3 Å². The largest absolute Gasteiger partial charge is 0.496 e. The second-order valence-electron chi connectivity index (χ2n) is 4.47. The zero-order valence-corrected chi connectivity index (χ0v) is 11.8. The highest BCUT2D eigenvalue weighted by molar-refractivity contribution is 5.77. The van der Waals surface area contributed by atoms with E-state index < -0.39 is 0 Å². The van der Waals surface area contributed by atoms with Crippen LogP contribution in [0.25, 0.3) is 11.1 Å². The molecule has 0 bridgehead atoms. The molecule has 4 nitrogen and oxygen atoms in total. The van der Waals surface area contributed by atoms with Gasteiger partial charge in [-0.25, -0.2) is 0 Å². The van der Waals surface area contributed by atoms with Gasteiger partial charge in [-0.2, -0.15) is 5.26 Å². The Morgan fingerprint density at radius 2 is 2.05 bits per heavy atom. The van der Waals surface area contributed by atoms with Gasteiger partial charge < -0.3 is 9.30 Å². The van der Waals surface area contributed by atoms with Crippen molar-refractivity contribution in [1.29, 1.82) is 5.26 Å². The highest BCUT2D eigenvalue weighted by Crippen LogP contribution is 2.33. The quantitative estimate of drug-likeness (QED) is 0.860. The van der Waals surface area contributed by atoms with E-state index in [4.69, 9.17) is 4.74 Å². The van der Waals surface area contributed by atoms with Crippen LogP contribution in [-0.4, -0.2) is 11.7 Å². The smallest absolute Gasteiger partial charge is 0.269 e. The molecule has 102 valence electrons. The first-order chi connectivity index (χ1) is 9.63. The first-order valence-corrected chi connectivity index (χ1v) is 6.41. The van der Waals surface area contributed by atoms with Crippen molar-refractivity contribution >= 4 is 0 Å². The van der Waals surface area contributed by atoms with E-state index >= 15 is 0 Å². The number of nitriles is 1. The van der Waals surface area contributed by atoms with Crippen LogP contribution in [0.2, 0.25) is 0 Å². The van der Waals surface area contributed by atoms with E-state index in [2.05, 4.69) is 0 Å². The number of ether oxygens (including phenoxy) is 1. The molecule has 2 rings (SSSR count). The predicted octanol–water partition coefficient (Wildman–Crippen LogP) is 2.72. The lowest BCUT2D eigenvalue weighted by atomic mass is 9.96. The van der Waals surface area contributed by atoms with Gasteiger partial charge in [-0.3, -0.25) is 4.79 Å². The maximum Gasteiger partial charge on any atom is 0.269 e. The highest BCUT2D eigenvalue weighted by Gasteiger charge is 2.17. The van der Waals surface area contributed by atoms with Gasteiger partial charge in [-0.05, 0) is 25.5 Å². The van der Waals surface area contributed by atoms with Crippen LogP contribution in [0.4, 0.5) is 0 Å². The standard InChI is InChI=1S/C16H16N2O2/c1-4-18-10-11(2)15(13(9-17)16(18)19)12-7-5-6-8-14(12)20-3/h5-8,10H,4H2,1-3H3. The van der Waals surface area contributed by atoms with Crippen LogP contribution in [-0.2, 0) is 6.54 Å². The maximum atomic E-state index is 12.3. The Labute approximate surface area is 117 Å². The lowest BCUT2D eigenvalue weighted by molar-refractivity contribution is 0.416. The number of aromatic nitrogens is 1. The van der Waals surface area contributed by atoms with Gasteiger partial charge in [0.25, 0.3) is 5.56 Å². The Balaban J connectivity index is 2.85. The number of hydrogen-bond donors (Lipinski definition) is 0. The van der Waals surface area contributed by atoms with Crippen molar-refractivity contribution in [2.75, 3.05) is 7.11 Å². The average molecular weight is 268 g/mol. The van der Waals surface area contributed by atoms with Crippen molar-refractivity contribution in [3.8, 4) is 22.9 Å². The third kappa shape index (κ3) is 2.19. The Hall–Kier alpha value is -2.54. The normalized spacial score (nSPS) is 10.1. The highest BCUT2D eigenvalue weighted by atomic mass is 16.5. The van der Waals surface area contributed by atoms with E-state index in [1.54, 1.807) is 17.9 Å². The van der Waals surface area contributed by atoms with Crippen LogP contribution >= 0.6 is 0 Å². The molecule has 1 aromatic carbocycles. The number of benzene rings is 1. The molecule has 1 aromatic heterocycles. The van der Waals surface area contributed by atoms with Gasteiger partial charge in [0.15, 0.2) is 0 Å². The first-order valence-electron chi connectivity index (χ1n) is 6.41. The Bertz CT molecular complexity index is 739. The number of para-hydroxylation sites is 1. The molecule has 0 aliphatic heterocycles. The molecule has 0 unspecified atom stereocenters. The molecule has 0 aliphatic carbocycles. The number of aryl methyl sites for hydroxylation is 2. The van der Waals surface area contributed by atoms with Crippen LogP contribution in [0.3, 0.4) is 0 Å². The summed E-state index contributed by atoms with van der Waals surface area (Å²) in [5, 5.41) is 9.36. The molecule has 0 radical (unpaired) electrons. The average Bonchev–Trinajstić information content (AvgIpc) is 2.48. The van der Waals surface area contributed by atoms with Gasteiger partial charge in [0.05, 0.1) is 7.11 Å². The summed E-state index contributed by atoms with van der Waals surface area (Å²) in [5.74, 6) is 0.653. The van der Waals surface area contributed by atoms with Crippen LogP contribution in [0.15, 0.2) is 35.3 Å². The van der Waals surface area contributed by atoms with Gasteiger partial charge >= 0.3 is 0 Å². The molecule has 0 spiro atoms. The molecule has 20 heavy (non-hydrogen) atoms. The summed E-state index contributed by atoms with van der Waals surface area (Å²) in [7, 11) is 1.58. The summed E-state index contributed by atoms with van der Waals surface area (Å²) in [5.41, 5.74) is 2.20. The third-order valence-electron chi connectivity index (χ3n) is 3.30. The van der Waals surface area contributed by atoms with Gasteiger partial charge in [0.1, 0.15) is 17.4 Å². The number of rotatable bonds is 3. The monoisotopic (exact) mass is 268 g/mol. The fourth-order valence-corrected chi connectivity index (χ4v) is 2.34. The van der Waals surface area contributed by atoms with Crippen molar-refractivity contribution in [2.24, 2.45) is 0 Å². The maximum absolute atomic E-state index is 12.3. The minimum atomic E-state index is -0.262. The van der Waals surface area contributed by atoms with Gasteiger partial charge in [-0.1, -0.05) is 18.2 Å². The Morgan fingerprint density at radius 1 is 1.35 bits per heavy atom. The van der Waals surface area contributed by atoms with Crippen molar-refractivity contribution < 1.29 is 4.74 Å². The number of pyridine rings is 1. The van der Waals surface area contributed by atoms with Crippen molar-refractivity contribution in [1.82, 2.24) is 4.57 Å².